The SMILES string of the molecule is CC(N)(C#N)CCCCSCCS(C)(=O)=O. The van der Waals surface area contributed by atoms with E-state index in [9.17, 15) is 8.42 Å². The number of hydrogen-bond acceptors (Lipinski definition) is 5. The summed E-state index contributed by atoms with van der Waals surface area (Å²) in [6, 6.07) is 2.05. The van der Waals surface area contributed by atoms with Crippen LogP contribution in [-0.4, -0.2) is 37.5 Å². The maximum atomic E-state index is 10.8. The van der Waals surface area contributed by atoms with Gasteiger partial charge in [0.1, 0.15) is 15.4 Å². The van der Waals surface area contributed by atoms with Crippen molar-refractivity contribution in [3.63, 3.8) is 0 Å². The van der Waals surface area contributed by atoms with E-state index < -0.39 is 15.4 Å². The first-order valence-corrected chi connectivity index (χ1v) is 8.44. The standard InChI is InChI=1S/C10H20N2O2S2/c1-10(12,9-11)5-3-4-6-15-7-8-16(2,13)14/h3-8,12H2,1-2H3. The topological polar surface area (TPSA) is 83.9 Å². The number of sulfone groups is 1. The monoisotopic (exact) mass is 264 g/mol. The van der Waals surface area contributed by atoms with Crippen molar-refractivity contribution in [1.29, 1.82) is 5.26 Å². The highest BCUT2D eigenvalue weighted by atomic mass is 32.2. The van der Waals surface area contributed by atoms with Crippen LogP contribution in [0.25, 0.3) is 0 Å². The van der Waals surface area contributed by atoms with E-state index in [4.69, 9.17) is 11.0 Å². The Hall–Kier alpha value is -0.250. The lowest BCUT2D eigenvalue weighted by Crippen LogP contribution is -2.33. The predicted molar refractivity (Wildman–Crippen MR) is 69.1 cm³/mol. The molecule has 6 heteroatoms. The minimum Gasteiger partial charge on any atom is -0.314 e. The van der Waals surface area contributed by atoms with Crippen molar-refractivity contribution >= 4 is 21.6 Å². The number of nitrogens with two attached hydrogens (primary N) is 1. The number of nitrogens with zero attached hydrogens (tertiary/aromatic N) is 1. The summed E-state index contributed by atoms with van der Waals surface area (Å²) in [5, 5.41) is 8.68. The van der Waals surface area contributed by atoms with Gasteiger partial charge in [0.2, 0.25) is 0 Å². The van der Waals surface area contributed by atoms with Gasteiger partial charge in [-0.1, -0.05) is 0 Å². The molecule has 0 bridgehead atoms. The van der Waals surface area contributed by atoms with Crippen molar-refractivity contribution in [3.8, 4) is 6.07 Å². The van der Waals surface area contributed by atoms with Crippen LogP contribution in [-0.2, 0) is 9.84 Å². The molecule has 0 spiro atoms. The van der Waals surface area contributed by atoms with E-state index in [0.717, 1.165) is 18.6 Å². The van der Waals surface area contributed by atoms with Crippen LogP contribution in [0.15, 0.2) is 0 Å². The second-order valence-electron chi connectivity index (χ2n) is 4.23. The van der Waals surface area contributed by atoms with E-state index in [1.165, 1.54) is 6.26 Å². The molecule has 0 aromatic rings. The second-order valence-corrected chi connectivity index (χ2v) is 7.71. The molecule has 0 aliphatic carbocycles. The number of unbranched alkanes of at least 4 members (excludes halogenated alkanes) is 1. The molecule has 16 heavy (non-hydrogen) atoms. The number of rotatable bonds is 8. The molecule has 0 aromatic heterocycles. The Morgan fingerprint density at radius 2 is 2.00 bits per heavy atom. The lowest BCUT2D eigenvalue weighted by Gasteiger charge is -2.14. The van der Waals surface area contributed by atoms with E-state index in [1.54, 1.807) is 18.7 Å². The Balaban J connectivity index is 3.40. The normalized spacial score (nSPS) is 15.4. The number of thioether (sulfide) groups is 1. The van der Waals surface area contributed by atoms with Crippen LogP contribution in [0.4, 0.5) is 0 Å². The van der Waals surface area contributed by atoms with Crippen molar-refractivity contribution in [2.24, 2.45) is 5.73 Å². The van der Waals surface area contributed by atoms with Crippen LogP contribution < -0.4 is 5.73 Å². The Labute approximate surface area is 103 Å². The van der Waals surface area contributed by atoms with E-state index in [1.807, 2.05) is 0 Å². The summed E-state index contributed by atoms with van der Waals surface area (Å²) in [6.45, 7) is 1.73. The fraction of sp³-hybridized carbons (Fsp3) is 0.900. The van der Waals surface area contributed by atoms with Gasteiger partial charge in [-0.3, -0.25) is 0 Å². The van der Waals surface area contributed by atoms with Crippen molar-refractivity contribution in [3.05, 3.63) is 0 Å². The Bertz CT molecular complexity index is 331. The van der Waals surface area contributed by atoms with Gasteiger partial charge in [0.25, 0.3) is 0 Å². The van der Waals surface area contributed by atoms with Gasteiger partial charge in [-0.05, 0) is 31.9 Å². The van der Waals surface area contributed by atoms with Gasteiger partial charge in [-0.15, -0.1) is 0 Å². The molecule has 94 valence electrons. The predicted octanol–water partition coefficient (Wildman–Crippen LogP) is 1.18. The highest BCUT2D eigenvalue weighted by Crippen LogP contribution is 2.12. The smallest absolute Gasteiger partial charge is 0.148 e. The summed E-state index contributed by atoms with van der Waals surface area (Å²) >= 11 is 1.64. The van der Waals surface area contributed by atoms with E-state index >= 15 is 0 Å². The summed E-state index contributed by atoms with van der Waals surface area (Å²) in [5.74, 6) is 1.82. The zero-order valence-electron chi connectivity index (χ0n) is 9.90. The summed E-state index contributed by atoms with van der Waals surface area (Å²) < 4.78 is 21.6. The van der Waals surface area contributed by atoms with Crippen LogP contribution >= 0.6 is 11.8 Å². The first-order valence-electron chi connectivity index (χ1n) is 5.22. The molecule has 0 saturated heterocycles. The molecule has 1 unspecified atom stereocenters. The van der Waals surface area contributed by atoms with Gasteiger partial charge in [-0.2, -0.15) is 17.0 Å². The molecule has 0 rings (SSSR count). The molecule has 0 fully saturated rings. The molecule has 0 amide bonds. The van der Waals surface area contributed by atoms with Crippen molar-refractivity contribution in [2.75, 3.05) is 23.5 Å². The molecule has 0 saturated carbocycles. The third-order valence-corrected chi connectivity index (χ3v) is 4.36. The molecule has 0 aliphatic heterocycles. The van der Waals surface area contributed by atoms with E-state index in [2.05, 4.69) is 6.07 Å². The minimum absolute atomic E-state index is 0.241. The fourth-order valence-electron chi connectivity index (χ4n) is 1.06. The minimum atomic E-state index is -2.83. The average Bonchev–Trinajstić information content (AvgIpc) is 2.14. The van der Waals surface area contributed by atoms with Crippen molar-refractivity contribution < 1.29 is 8.42 Å². The molecule has 0 aliphatic rings. The van der Waals surface area contributed by atoms with Crippen LogP contribution in [0.5, 0.6) is 0 Å². The summed E-state index contributed by atoms with van der Waals surface area (Å²) in [4.78, 5) is 0. The van der Waals surface area contributed by atoms with E-state index in [-0.39, 0.29) is 5.75 Å². The van der Waals surface area contributed by atoms with Crippen LogP contribution in [0, 0.1) is 11.3 Å². The maximum absolute atomic E-state index is 10.8. The van der Waals surface area contributed by atoms with Gasteiger partial charge in [-0.25, -0.2) is 8.42 Å². The summed E-state index contributed by atoms with van der Waals surface area (Å²) in [5.41, 5.74) is 4.94. The third kappa shape index (κ3) is 10.3. The highest BCUT2D eigenvalue weighted by Gasteiger charge is 2.15. The second kappa shape index (κ2) is 7.15. The lowest BCUT2D eigenvalue weighted by molar-refractivity contribution is 0.519. The zero-order valence-corrected chi connectivity index (χ0v) is 11.5. The van der Waals surface area contributed by atoms with E-state index in [0.29, 0.717) is 12.2 Å². The summed E-state index contributed by atoms with van der Waals surface area (Å²) in [6.07, 6.45) is 3.83. The largest absolute Gasteiger partial charge is 0.314 e. The molecule has 0 heterocycles. The molecular weight excluding hydrogens is 244 g/mol. The Morgan fingerprint density at radius 3 is 2.50 bits per heavy atom. The van der Waals surface area contributed by atoms with Gasteiger partial charge in [0, 0.05) is 12.0 Å². The first-order chi connectivity index (χ1) is 7.27. The quantitative estimate of drug-likeness (QED) is 0.665. The highest BCUT2D eigenvalue weighted by molar-refractivity contribution is 8.00. The molecule has 4 nitrogen and oxygen atoms in total. The maximum Gasteiger partial charge on any atom is 0.148 e. The molecular formula is C10H20N2O2S2. The zero-order chi connectivity index (χ0) is 12.7. The first kappa shape index (κ1) is 15.8. The Morgan fingerprint density at radius 1 is 1.38 bits per heavy atom. The van der Waals surface area contributed by atoms with Crippen LogP contribution in [0.3, 0.4) is 0 Å². The number of hydrogen-bond donors (Lipinski definition) is 1. The van der Waals surface area contributed by atoms with Crippen molar-refractivity contribution in [1.82, 2.24) is 0 Å². The fourth-order valence-corrected chi connectivity index (χ4v) is 3.36. The third-order valence-electron chi connectivity index (χ3n) is 2.09. The average molecular weight is 264 g/mol. The van der Waals surface area contributed by atoms with Crippen LogP contribution in [0.2, 0.25) is 0 Å². The molecule has 2 N–H and O–H groups in total. The summed E-state index contributed by atoms with van der Waals surface area (Å²) in [7, 11) is -2.83. The van der Waals surface area contributed by atoms with Crippen molar-refractivity contribution in [2.45, 2.75) is 31.7 Å². The molecule has 1 atom stereocenters. The molecule has 0 aromatic carbocycles. The van der Waals surface area contributed by atoms with Gasteiger partial charge >= 0.3 is 0 Å². The number of nitriles is 1. The lowest BCUT2D eigenvalue weighted by atomic mass is 9.99. The van der Waals surface area contributed by atoms with Crippen LogP contribution in [0.1, 0.15) is 26.2 Å². The Kier molecular flexibility index (Phi) is 7.04. The van der Waals surface area contributed by atoms with Gasteiger partial charge in [0.05, 0.1) is 11.8 Å². The van der Waals surface area contributed by atoms with Gasteiger partial charge < -0.3 is 5.73 Å². The van der Waals surface area contributed by atoms with Gasteiger partial charge in [0.15, 0.2) is 0 Å². The molecule has 0 radical (unpaired) electrons.